The van der Waals surface area contributed by atoms with Gasteiger partial charge in [0.15, 0.2) is 0 Å². The van der Waals surface area contributed by atoms with Crippen LogP contribution < -0.4 is 3.32 Å². The maximum absolute atomic E-state index is 3.36. The van der Waals surface area contributed by atoms with Crippen LogP contribution >= 0.6 is 24.8 Å². The molecule has 0 nitrogen and oxygen atoms in total. The van der Waals surface area contributed by atoms with Gasteiger partial charge in [-0.15, -0.1) is 24.8 Å². The molecule has 0 bridgehead atoms. The molecule has 0 spiro atoms. The van der Waals surface area contributed by atoms with Gasteiger partial charge < -0.3 is 0 Å². The van der Waals surface area contributed by atoms with E-state index in [1.54, 1.807) is 14.4 Å². The van der Waals surface area contributed by atoms with Crippen molar-refractivity contribution in [2.24, 2.45) is 0 Å². The molecular weight excluding hydrogens is 566 g/mol. The van der Waals surface area contributed by atoms with Crippen LogP contribution in [-0.2, 0) is 23.5 Å². The molecular formula is C24H26Cl2HfSi. The van der Waals surface area contributed by atoms with Gasteiger partial charge in [0.05, 0.1) is 0 Å². The van der Waals surface area contributed by atoms with E-state index in [1.165, 1.54) is 22.3 Å². The summed E-state index contributed by atoms with van der Waals surface area (Å²) in [7, 11) is 0. The second-order valence-corrected chi connectivity index (χ2v) is 51.1. The molecule has 3 aromatic rings. The Hall–Kier alpha value is -0.933. The molecule has 2 aliphatic rings. The summed E-state index contributed by atoms with van der Waals surface area (Å²) in [5.41, 5.74) is 9.01. The van der Waals surface area contributed by atoms with Crippen LogP contribution in [0.3, 0.4) is 0 Å². The fraction of sp³-hybridized carbons (Fsp3) is 0.167. The molecule has 4 heteroatoms. The van der Waals surface area contributed by atoms with Gasteiger partial charge >= 0.3 is 159 Å². The zero-order chi connectivity index (χ0) is 18.0. The molecule has 0 aliphatic heterocycles. The van der Waals surface area contributed by atoms with Gasteiger partial charge in [-0.25, -0.2) is 0 Å². The van der Waals surface area contributed by atoms with Crippen LogP contribution in [0.1, 0.15) is 25.9 Å². The molecule has 0 heterocycles. The summed E-state index contributed by atoms with van der Waals surface area (Å²) in [6.45, 7) is 2.38. The number of hydrogen-bond acceptors (Lipinski definition) is 0. The fourth-order valence-electron chi connectivity index (χ4n) is 5.15. The number of benzene rings is 3. The monoisotopic (exact) mass is 592 g/mol. The van der Waals surface area contributed by atoms with Crippen molar-refractivity contribution < 1.29 is 17.1 Å². The number of allylic oxidation sites excluding steroid dienone is 1. The summed E-state index contributed by atoms with van der Waals surface area (Å²) in [6, 6.07) is 25.0. The number of fused-ring (bicyclic) bond motifs is 4. The van der Waals surface area contributed by atoms with Crippen LogP contribution in [0, 0.1) is 0 Å². The molecule has 0 N–H and O–H groups in total. The third-order valence-electron chi connectivity index (χ3n) is 6.53. The molecule has 0 saturated carbocycles. The summed E-state index contributed by atoms with van der Waals surface area (Å²) >= 11 is -3.36. The van der Waals surface area contributed by atoms with E-state index in [0.29, 0.717) is 3.67 Å². The summed E-state index contributed by atoms with van der Waals surface area (Å²) in [6.07, 6.45) is 5.97. The number of hydrogen-bond donors (Lipinski definition) is 0. The molecule has 5 rings (SSSR count). The molecule has 0 saturated heterocycles. The first kappa shape index (κ1) is 21.8. The van der Waals surface area contributed by atoms with E-state index in [9.17, 15) is 0 Å². The summed E-state index contributed by atoms with van der Waals surface area (Å²) in [5.74, 6) is 0. The van der Waals surface area contributed by atoms with Crippen molar-refractivity contribution in [3.05, 3.63) is 95.1 Å². The Balaban J connectivity index is 0.00000112. The third-order valence-corrected chi connectivity index (χ3v) is 30.3. The van der Waals surface area contributed by atoms with Crippen LogP contribution in [0.25, 0.3) is 17.2 Å². The van der Waals surface area contributed by atoms with Crippen LogP contribution in [0.15, 0.2) is 72.8 Å². The van der Waals surface area contributed by atoms with Gasteiger partial charge in [-0.05, 0) is 0 Å². The van der Waals surface area contributed by atoms with Gasteiger partial charge in [0.1, 0.15) is 0 Å². The second-order valence-electron chi connectivity index (χ2n) is 8.94. The first-order valence-corrected chi connectivity index (χ1v) is 28.9. The van der Waals surface area contributed by atoms with E-state index in [0.717, 1.165) is 6.42 Å². The number of rotatable bonds is 2. The van der Waals surface area contributed by atoms with E-state index >= 15 is 0 Å². The normalized spacial score (nSPS) is 16.5. The predicted octanol–water partition coefficient (Wildman–Crippen LogP) is 5.83. The van der Waals surface area contributed by atoms with Crippen molar-refractivity contribution in [3.8, 4) is 11.1 Å². The standard InChI is InChI=1S/C13H9.C9H7.2CH3.2ClH.Hf.H2Si/c1-3-7-12-10(5-1)9-11-6-2-4-8-13(11)12;1-2-5-9-7-3-6-8(9)4-1;;;;;;/h1-5,7-8H,9H2;1-7H;2*1H3;2*1H;;1H2. The zero-order valence-electron chi connectivity index (χ0n) is 16.3. The Morgan fingerprint density at radius 1 is 0.821 bits per heavy atom. The van der Waals surface area contributed by atoms with Crippen LogP contribution in [0.5, 0.6) is 0 Å². The van der Waals surface area contributed by atoms with E-state index in [-0.39, 0.29) is 24.8 Å². The molecule has 1 unspecified atom stereocenters. The minimum absolute atomic E-state index is 0. The van der Waals surface area contributed by atoms with Crippen molar-refractivity contribution in [1.29, 1.82) is 0 Å². The van der Waals surface area contributed by atoms with Gasteiger partial charge in [-0.2, -0.15) is 0 Å². The molecule has 2 aliphatic carbocycles. The van der Waals surface area contributed by atoms with Crippen LogP contribution in [-0.4, -0.2) is 6.94 Å². The summed E-state index contributed by atoms with van der Waals surface area (Å²) < 4.78 is 7.63. The molecule has 0 aromatic heterocycles. The van der Waals surface area contributed by atoms with Gasteiger partial charge in [0.25, 0.3) is 0 Å². The van der Waals surface area contributed by atoms with Crippen molar-refractivity contribution in [2.75, 3.05) is 0 Å². The molecule has 0 fully saturated rings. The van der Waals surface area contributed by atoms with Crippen molar-refractivity contribution >= 4 is 41.2 Å². The molecule has 144 valence electrons. The second kappa shape index (κ2) is 7.39. The Morgan fingerprint density at radius 3 is 2.32 bits per heavy atom. The van der Waals surface area contributed by atoms with Crippen LogP contribution in [0.4, 0.5) is 0 Å². The fourth-order valence-corrected chi connectivity index (χ4v) is 25.7. The SMILES string of the molecule is Cl.Cl.[CH3][Hf]([CH3])(=[SiH2])([c]1cccc2c1Cc1ccccc1-2)[CH]1C=Cc2ccccc21. The summed E-state index contributed by atoms with van der Waals surface area (Å²) in [5, 5.41) is 0. The Bertz CT molecular complexity index is 1160. The Labute approximate surface area is 182 Å². The molecule has 3 aromatic carbocycles. The Morgan fingerprint density at radius 2 is 1.50 bits per heavy atom. The number of halogens is 2. The van der Waals surface area contributed by atoms with E-state index < -0.39 is 17.1 Å². The molecule has 1 atom stereocenters. The van der Waals surface area contributed by atoms with Gasteiger partial charge in [0, 0.05) is 0 Å². The van der Waals surface area contributed by atoms with E-state index in [2.05, 4.69) is 95.2 Å². The Kier molecular flexibility index (Phi) is 5.75. The van der Waals surface area contributed by atoms with Crippen molar-refractivity contribution in [3.63, 3.8) is 0 Å². The average molecular weight is 592 g/mol. The van der Waals surface area contributed by atoms with Gasteiger partial charge in [-0.1, -0.05) is 0 Å². The van der Waals surface area contributed by atoms with E-state index in [4.69, 9.17) is 0 Å². The molecule has 28 heavy (non-hydrogen) atoms. The molecule has 0 radical (unpaired) electrons. The first-order valence-electron chi connectivity index (χ1n) is 9.49. The van der Waals surface area contributed by atoms with Crippen molar-refractivity contribution in [2.45, 2.75) is 19.5 Å². The van der Waals surface area contributed by atoms with Gasteiger partial charge in [-0.3, -0.25) is 0 Å². The van der Waals surface area contributed by atoms with E-state index in [1.807, 2.05) is 0 Å². The minimum atomic E-state index is -3.36. The predicted molar refractivity (Wildman–Crippen MR) is 127 cm³/mol. The quantitative estimate of drug-likeness (QED) is 0.258. The van der Waals surface area contributed by atoms with Crippen LogP contribution in [0.2, 0.25) is 9.36 Å². The van der Waals surface area contributed by atoms with Crippen molar-refractivity contribution in [1.82, 2.24) is 0 Å². The average Bonchev–Trinajstić information content (AvgIpc) is 3.23. The third kappa shape index (κ3) is 3.13. The summed E-state index contributed by atoms with van der Waals surface area (Å²) in [4.78, 5) is 0. The molecule has 0 amide bonds. The van der Waals surface area contributed by atoms with Gasteiger partial charge in [0.2, 0.25) is 0 Å². The zero-order valence-corrected chi connectivity index (χ0v) is 23.0. The topological polar surface area (TPSA) is 0 Å². The first-order chi connectivity index (χ1) is 12.4. The maximum atomic E-state index is 2.66.